The lowest BCUT2D eigenvalue weighted by atomic mass is 10.0. The van der Waals surface area contributed by atoms with E-state index >= 15 is 0 Å². The smallest absolute Gasteiger partial charge is 0.186 e. The molecular formula is C7H12O5. The van der Waals surface area contributed by atoms with Crippen molar-refractivity contribution in [3.05, 3.63) is 0 Å². The van der Waals surface area contributed by atoms with E-state index in [2.05, 4.69) is 0 Å². The number of hydrogen-bond donors (Lipinski definition) is 2. The second-order valence-electron chi connectivity index (χ2n) is 3.06. The van der Waals surface area contributed by atoms with Gasteiger partial charge in [0.15, 0.2) is 6.29 Å². The van der Waals surface area contributed by atoms with Gasteiger partial charge in [0.05, 0.1) is 6.61 Å². The van der Waals surface area contributed by atoms with Gasteiger partial charge in [0.25, 0.3) is 0 Å². The van der Waals surface area contributed by atoms with Gasteiger partial charge < -0.3 is 24.4 Å². The van der Waals surface area contributed by atoms with E-state index in [9.17, 15) is 10.2 Å². The Morgan fingerprint density at radius 2 is 2.08 bits per heavy atom. The zero-order chi connectivity index (χ0) is 8.72. The van der Waals surface area contributed by atoms with Crippen LogP contribution in [0.1, 0.15) is 0 Å². The van der Waals surface area contributed by atoms with Crippen LogP contribution < -0.4 is 0 Å². The Bertz CT molecular complexity index is 173. The summed E-state index contributed by atoms with van der Waals surface area (Å²) in [4.78, 5) is 0. The molecule has 2 heterocycles. The average Bonchev–Trinajstić information content (AvgIpc) is 2.49. The lowest BCUT2D eigenvalue weighted by Crippen LogP contribution is -2.54. The Balaban J connectivity index is 2.14. The first-order valence-corrected chi connectivity index (χ1v) is 3.90. The number of rotatable bonds is 1. The topological polar surface area (TPSA) is 68.2 Å². The van der Waals surface area contributed by atoms with Gasteiger partial charge in [0, 0.05) is 7.11 Å². The van der Waals surface area contributed by atoms with Gasteiger partial charge in [-0.1, -0.05) is 0 Å². The summed E-state index contributed by atoms with van der Waals surface area (Å²) in [6.45, 7) is 0.372. The maximum absolute atomic E-state index is 9.48. The monoisotopic (exact) mass is 176 g/mol. The van der Waals surface area contributed by atoms with E-state index in [0.29, 0.717) is 6.61 Å². The Morgan fingerprint density at radius 3 is 2.75 bits per heavy atom. The van der Waals surface area contributed by atoms with Gasteiger partial charge in [-0.25, -0.2) is 0 Å². The first-order chi connectivity index (χ1) is 5.74. The molecule has 0 aromatic rings. The highest BCUT2D eigenvalue weighted by molar-refractivity contribution is 4.93. The average molecular weight is 176 g/mol. The van der Waals surface area contributed by atoms with Crippen LogP contribution in [0.5, 0.6) is 0 Å². The second kappa shape index (κ2) is 2.93. The highest BCUT2D eigenvalue weighted by atomic mass is 16.7. The van der Waals surface area contributed by atoms with Crippen molar-refractivity contribution in [1.82, 2.24) is 0 Å². The van der Waals surface area contributed by atoms with Gasteiger partial charge in [0.2, 0.25) is 0 Å². The summed E-state index contributed by atoms with van der Waals surface area (Å²) < 4.78 is 15.3. The van der Waals surface area contributed by atoms with Crippen LogP contribution in [0.25, 0.3) is 0 Å². The van der Waals surface area contributed by atoms with E-state index in [4.69, 9.17) is 14.2 Å². The fourth-order valence-electron chi connectivity index (χ4n) is 1.66. The van der Waals surface area contributed by atoms with Crippen LogP contribution in [0.15, 0.2) is 0 Å². The molecule has 2 rings (SSSR count). The first-order valence-electron chi connectivity index (χ1n) is 3.90. The minimum absolute atomic E-state index is 0.251. The molecule has 2 fully saturated rings. The van der Waals surface area contributed by atoms with E-state index in [1.54, 1.807) is 0 Å². The maximum Gasteiger partial charge on any atom is 0.186 e. The van der Waals surface area contributed by atoms with Crippen molar-refractivity contribution in [3.8, 4) is 0 Å². The predicted octanol–water partition coefficient (Wildman–Crippen LogP) is -1.52. The molecule has 0 radical (unpaired) electrons. The number of methoxy groups -OCH3 is 1. The summed E-state index contributed by atoms with van der Waals surface area (Å²) in [6, 6.07) is 0. The lowest BCUT2D eigenvalue weighted by molar-refractivity contribution is -0.233. The number of aliphatic hydroxyl groups is 2. The van der Waals surface area contributed by atoms with Crippen molar-refractivity contribution in [1.29, 1.82) is 0 Å². The number of aliphatic hydroxyl groups excluding tert-OH is 2. The summed E-state index contributed by atoms with van der Waals surface area (Å²) in [5, 5.41) is 18.9. The number of ether oxygens (including phenoxy) is 3. The van der Waals surface area contributed by atoms with Crippen molar-refractivity contribution in [2.75, 3.05) is 13.7 Å². The molecule has 5 heteroatoms. The van der Waals surface area contributed by atoms with E-state index in [1.165, 1.54) is 7.11 Å². The second-order valence-corrected chi connectivity index (χ2v) is 3.06. The molecule has 2 aliphatic rings. The fourth-order valence-corrected chi connectivity index (χ4v) is 1.66. The molecule has 0 aliphatic carbocycles. The zero-order valence-electron chi connectivity index (χ0n) is 6.71. The number of fused-ring (bicyclic) bond motifs is 2. The maximum atomic E-state index is 9.48. The predicted molar refractivity (Wildman–Crippen MR) is 37.4 cm³/mol. The van der Waals surface area contributed by atoms with Crippen molar-refractivity contribution < 1.29 is 24.4 Å². The van der Waals surface area contributed by atoms with E-state index in [1.807, 2.05) is 0 Å². The molecular weight excluding hydrogens is 164 g/mol. The highest BCUT2D eigenvalue weighted by Gasteiger charge is 2.49. The third kappa shape index (κ3) is 1.06. The first kappa shape index (κ1) is 8.40. The molecule has 5 atom stereocenters. The van der Waals surface area contributed by atoms with E-state index < -0.39 is 24.6 Å². The van der Waals surface area contributed by atoms with E-state index in [0.717, 1.165) is 0 Å². The van der Waals surface area contributed by atoms with Crippen molar-refractivity contribution in [2.24, 2.45) is 0 Å². The molecule has 2 N–H and O–H groups in total. The van der Waals surface area contributed by atoms with Crippen LogP contribution >= 0.6 is 0 Å². The van der Waals surface area contributed by atoms with Crippen molar-refractivity contribution in [2.45, 2.75) is 30.7 Å². The third-order valence-electron chi connectivity index (χ3n) is 2.34. The molecule has 0 amide bonds. The van der Waals surface area contributed by atoms with Gasteiger partial charge in [-0.05, 0) is 0 Å². The van der Waals surface area contributed by atoms with Crippen LogP contribution in [0.3, 0.4) is 0 Å². The van der Waals surface area contributed by atoms with Crippen molar-refractivity contribution >= 4 is 0 Å². The van der Waals surface area contributed by atoms with Gasteiger partial charge in [-0.3, -0.25) is 0 Å². The zero-order valence-corrected chi connectivity index (χ0v) is 6.71. The minimum atomic E-state index is -1.01. The molecule has 0 aromatic heterocycles. The lowest BCUT2D eigenvalue weighted by Gasteiger charge is -2.34. The Kier molecular flexibility index (Phi) is 2.05. The molecule has 0 spiro atoms. The highest BCUT2D eigenvalue weighted by Crippen LogP contribution is 2.29. The Labute approximate surface area is 69.8 Å². The standard InChI is InChI=1S/C7H12O5/c1-10-6-3-2-11-7(12-3)5(9)4(6)8/h3-9H,2H2,1H3/t3-,4-,5-,6-,7-/m1/s1. The molecule has 12 heavy (non-hydrogen) atoms. The quantitative estimate of drug-likeness (QED) is 0.507. The van der Waals surface area contributed by atoms with Crippen LogP contribution in [-0.2, 0) is 14.2 Å². The fraction of sp³-hybridized carbons (Fsp3) is 1.00. The normalized spacial score (nSPS) is 52.8. The molecule has 0 aromatic carbocycles. The van der Waals surface area contributed by atoms with E-state index in [-0.39, 0.29) is 6.10 Å². The summed E-state index contributed by atoms with van der Waals surface area (Å²) in [5.41, 5.74) is 0. The molecule has 2 saturated heterocycles. The van der Waals surface area contributed by atoms with Crippen molar-refractivity contribution in [3.63, 3.8) is 0 Å². The van der Waals surface area contributed by atoms with Crippen LogP contribution in [0.2, 0.25) is 0 Å². The van der Waals surface area contributed by atoms with Gasteiger partial charge in [-0.2, -0.15) is 0 Å². The Hall–Kier alpha value is -0.200. The number of hydrogen-bond acceptors (Lipinski definition) is 5. The van der Waals surface area contributed by atoms with Gasteiger partial charge in [0.1, 0.15) is 24.4 Å². The summed E-state index contributed by atoms with van der Waals surface area (Å²) in [5.74, 6) is 0. The minimum Gasteiger partial charge on any atom is -0.387 e. The molecule has 70 valence electrons. The summed E-state index contributed by atoms with van der Waals surface area (Å²) in [7, 11) is 1.47. The van der Waals surface area contributed by atoms with Gasteiger partial charge >= 0.3 is 0 Å². The molecule has 2 bridgehead atoms. The van der Waals surface area contributed by atoms with Crippen LogP contribution in [-0.4, -0.2) is 54.6 Å². The SMILES string of the molecule is CO[C@H]1[C@H](O)[C@@H](O)[C@@H]2OC[C@H]1O2. The largest absolute Gasteiger partial charge is 0.387 e. The van der Waals surface area contributed by atoms with Gasteiger partial charge in [-0.15, -0.1) is 0 Å². The molecule has 2 aliphatic heterocycles. The van der Waals surface area contributed by atoms with Crippen LogP contribution in [0.4, 0.5) is 0 Å². The van der Waals surface area contributed by atoms with Crippen LogP contribution in [0, 0.1) is 0 Å². The molecule has 0 saturated carbocycles. The Morgan fingerprint density at radius 1 is 1.33 bits per heavy atom. The molecule has 0 unspecified atom stereocenters. The summed E-state index contributed by atoms with van der Waals surface area (Å²) >= 11 is 0. The third-order valence-corrected chi connectivity index (χ3v) is 2.34. The molecule has 5 nitrogen and oxygen atoms in total. The summed E-state index contributed by atoms with van der Waals surface area (Å²) in [6.07, 6.45) is -3.34.